The Labute approximate surface area is 82.4 Å². The molecule has 0 saturated heterocycles. The van der Waals surface area contributed by atoms with E-state index in [1.807, 2.05) is 4.57 Å². The number of aryl methyl sites for hydroxylation is 1. The lowest BCUT2D eigenvalue weighted by Gasteiger charge is -2.04. The highest BCUT2D eigenvalue weighted by Gasteiger charge is 1.92. The third-order valence-electron chi connectivity index (χ3n) is 1.90. The fourth-order valence-electron chi connectivity index (χ4n) is 1.15. The minimum Gasteiger partial charge on any atom is -0.325 e. The van der Waals surface area contributed by atoms with E-state index in [-0.39, 0.29) is 5.56 Å². The van der Waals surface area contributed by atoms with Crippen molar-refractivity contribution >= 4 is 12.2 Å². The SMILES string of the molecule is CCCCCn1ccc(=O)[nH]c1=S. The number of hydrogen-bond acceptors (Lipinski definition) is 2. The third kappa shape index (κ3) is 3.14. The lowest BCUT2D eigenvalue weighted by molar-refractivity contribution is 0.585. The summed E-state index contributed by atoms with van der Waals surface area (Å²) in [6.07, 6.45) is 5.24. The Bertz CT molecular complexity index is 366. The summed E-state index contributed by atoms with van der Waals surface area (Å²) in [5.41, 5.74) is -0.128. The standard InChI is InChI=1S/C9H14N2OS/c1-2-3-4-6-11-7-5-8(12)10-9(11)13/h5,7H,2-4,6H2,1H3,(H,10,12,13). The Kier molecular flexibility index (Phi) is 3.89. The maximum absolute atomic E-state index is 10.8. The second kappa shape index (κ2) is 4.97. The van der Waals surface area contributed by atoms with Crippen LogP contribution in [0.3, 0.4) is 0 Å². The molecule has 1 N–H and O–H groups in total. The predicted octanol–water partition coefficient (Wildman–Crippen LogP) is 2.10. The fraction of sp³-hybridized carbons (Fsp3) is 0.556. The van der Waals surface area contributed by atoms with Gasteiger partial charge in [-0.2, -0.15) is 0 Å². The molecule has 1 aromatic rings. The molecule has 1 aromatic heterocycles. The molecular weight excluding hydrogens is 184 g/mol. The van der Waals surface area contributed by atoms with E-state index in [1.165, 1.54) is 18.9 Å². The van der Waals surface area contributed by atoms with Crippen LogP contribution in [0.1, 0.15) is 26.2 Å². The summed E-state index contributed by atoms with van der Waals surface area (Å²) in [5, 5.41) is 0. The molecular formula is C9H14N2OS. The van der Waals surface area contributed by atoms with Crippen molar-refractivity contribution in [2.45, 2.75) is 32.7 Å². The number of H-pyrrole nitrogens is 1. The molecule has 0 aliphatic heterocycles. The zero-order valence-electron chi connectivity index (χ0n) is 7.75. The molecule has 0 saturated carbocycles. The third-order valence-corrected chi connectivity index (χ3v) is 2.24. The molecule has 0 fully saturated rings. The number of aromatic amines is 1. The Morgan fingerprint density at radius 1 is 1.54 bits per heavy atom. The zero-order chi connectivity index (χ0) is 9.68. The molecule has 0 aliphatic rings. The molecule has 13 heavy (non-hydrogen) atoms. The number of hydrogen-bond donors (Lipinski definition) is 1. The van der Waals surface area contributed by atoms with Crippen molar-refractivity contribution in [3.8, 4) is 0 Å². The van der Waals surface area contributed by atoms with Crippen molar-refractivity contribution in [3.63, 3.8) is 0 Å². The summed E-state index contributed by atoms with van der Waals surface area (Å²) in [6.45, 7) is 3.05. The highest BCUT2D eigenvalue weighted by atomic mass is 32.1. The molecule has 0 bridgehead atoms. The van der Waals surface area contributed by atoms with Gasteiger partial charge in [-0.15, -0.1) is 0 Å². The first kappa shape index (κ1) is 10.2. The zero-order valence-corrected chi connectivity index (χ0v) is 8.56. The van der Waals surface area contributed by atoms with Crippen LogP contribution in [0.15, 0.2) is 17.1 Å². The average molecular weight is 198 g/mol. The molecule has 0 aliphatic carbocycles. The molecule has 0 spiro atoms. The van der Waals surface area contributed by atoms with E-state index in [0.29, 0.717) is 4.77 Å². The molecule has 72 valence electrons. The first-order valence-electron chi connectivity index (χ1n) is 4.54. The van der Waals surface area contributed by atoms with E-state index < -0.39 is 0 Å². The Hall–Kier alpha value is -0.900. The number of unbranched alkanes of at least 4 members (excludes halogenated alkanes) is 2. The summed E-state index contributed by atoms with van der Waals surface area (Å²) in [7, 11) is 0. The predicted molar refractivity (Wildman–Crippen MR) is 55.4 cm³/mol. The molecule has 3 nitrogen and oxygen atoms in total. The van der Waals surface area contributed by atoms with Gasteiger partial charge in [0.2, 0.25) is 0 Å². The van der Waals surface area contributed by atoms with Crippen molar-refractivity contribution in [1.82, 2.24) is 9.55 Å². The normalized spacial score (nSPS) is 10.2. The van der Waals surface area contributed by atoms with E-state index in [2.05, 4.69) is 11.9 Å². The first-order chi connectivity index (χ1) is 6.24. The highest BCUT2D eigenvalue weighted by Crippen LogP contribution is 1.97. The summed E-state index contributed by atoms with van der Waals surface area (Å²) < 4.78 is 2.41. The second-order valence-corrected chi connectivity index (χ2v) is 3.40. The molecule has 0 radical (unpaired) electrons. The van der Waals surface area contributed by atoms with E-state index in [0.717, 1.165) is 13.0 Å². The molecule has 0 aromatic carbocycles. The summed E-state index contributed by atoms with van der Waals surface area (Å²) in [5.74, 6) is 0. The number of aromatic nitrogens is 2. The van der Waals surface area contributed by atoms with Crippen LogP contribution in [0.4, 0.5) is 0 Å². The molecule has 0 atom stereocenters. The maximum Gasteiger partial charge on any atom is 0.251 e. The number of nitrogens with zero attached hydrogens (tertiary/aromatic N) is 1. The van der Waals surface area contributed by atoms with Gasteiger partial charge in [0, 0.05) is 18.8 Å². The van der Waals surface area contributed by atoms with Crippen LogP contribution in [0.25, 0.3) is 0 Å². The topological polar surface area (TPSA) is 37.8 Å². The monoisotopic (exact) mass is 198 g/mol. The van der Waals surface area contributed by atoms with Crippen LogP contribution in [-0.2, 0) is 6.54 Å². The minimum absolute atomic E-state index is 0.128. The van der Waals surface area contributed by atoms with Crippen molar-refractivity contribution in [2.24, 2.45) is 0 Å². The Morgan fingerprint density at radius 3 is 2.92 bits per heavy atom. The van der Waals surface area contributed by atoms with Gasteiger partial charge in [0.05, 0.1) is 0 Å². The second-order valence-electron chi connectivity index (χ2n) is 3.01. The molecule has 4 heteroatoms. The van der Waals surface area contributed by atoms with Gasteiger partial charge in [-0.3, -0.25) is 9.78 Å². The lowest BCUT2D eigenvalue weighted by atomic mass is 10.2. The van der Waals surface area contributed by atoms with Crippen LogP contribution in [-0.4, -0.2) is 9.55 Å². The van der Waals surface area contributed by atoms with Crippen LogP contribution < -0.4 is 5.56 Å². The quantitative estimate of drug-likeness (QED) is 0.594. The highest BCUT2D eigenvalue weighted by molar-refractivity contribution is 7.71. The summed E-state index contributed by atoms with van der Waals surface area (Å²) >= 11 is 5.00. The van der Waals surface area contributed by atoms with Gasteiger partial charge >= 0.3 is 0 Å². The summed E-state index contributed by atoms with van der Waals surface area (Å²) in [4.78, 5) is 13.4. The smallest absolute Gasteiger partial charge is 0.251 e. The fourth-order valence-corrected chi connectivity index (χ4v) is 1.41. The van der Waals surface area contributed by atoms with Gasteiger partial charge in [0.25, 0.3) is 5.56 Å². The van der Waals surface area contributed by atoms with Gasteiger partial charge in [-0.1, -0.05) is 19.8 Å². The summed E-state index contributed by atoms with van der Waals surface area (Å²) in [6, 6.07) is 1.50. The molecule has 0 unspecified atom stereocenters. The van der Waals surface area contributed by atoms with E-state index >= 15 is 0 Å². The van der Waals surface area contributed by atoms with Gasteiger partial charge < -0.3 is 4.57 Å². The van der Waals surface area contributed by atoms with Gasteiger partial charge in [0.15, 0.2) is 4.77 Å². The van der Waals surface area contributed by atoms with Crippen LogP contribution in [0.2, 0.25) is 0 Å². The first-order valence-corrected chi connectivity index (χ1v) is 4.94. The van der Waals surface area contributed by atoms with Crippen molar-refractivity contribution in [3.05, 3.63) is 27.4 Å². The van der Waals surface area contributed by atoms with Crippen molar-refractivity contribution in [2.75, 3.05) is 0 Å². The van der Waals surface area contributed by atoms with Gasteiger partial charge in [0.1, 0.15) is 0 Å². The maximum atomic E-state index is 10.8. The number of nitrogens with one attached hydrogen (secondary N) is 1. The van der Waals surface area contributed by atoms with Crippen molar-refractivity contribution < 1.29 is 0 Å². The Balaban J connectivity index is 2.67. The molecule has 0 amide bonds. The minimum atomic E-state index is -0.128. The van der Waals surface area contributed by atoms with E-state index in [1.54, 1.807) is 6.20 Å². The van der Waals surface area contributed by atoms with Gasteiger partial charge in [-0.05, 0) is 18.6 Å². The van der Waals surface area contributed by atoms with Crippen LogP contribution in [0.5, 0.6) is 0 Å². The van der Waals surface area contributed by atoms with E-state index in [9.17, 15) is 4.79 Å². The molecule has 1 rings (SSSR count). The van der Waals surface area contributed by atoms with Gasteiger partial charge in [-0.25, -0.2) is 0 Å². The largest absolute Gasteiger partial charge is 0.325 e. The number of rotatable bonds is 4. The van der Waals surface area contributed by atoms with Crippen LogP contribution >= 0.6 is 12.2 Å². The Morgan fingerprint density at radius 2 is 2.31 bits per heavy atom. The van der Waals surface area contributed by atoms with E-state index in [4.69, 9.17) is 12.2 Å². The molecule has 1 heterocycles. The average Bonchev–Trinajstić information content (AvgIpc) is 2.09. The van der Waals surface area contributed by atoms with Crippen molar-refractivity contribution in [1.29, 1.82) is 0 Å². The lowest BCUT2D eigenvalue weighted by Crippen LogP contribution is -2.11. The van der Waals surface area contributed by atoms with Crippen LogP contribution in [0, 0.1) is 4.77 Å².